The summed E-state index contributed by atoms with van der Waals surface area (Å²) in [5, 5.41) is 16.9. The molecule has 33 heavy (non-hydrogen) atoms. The number of carboxylic acids is 1. The molecule has 0 aliphatic carbocycles. The zero-order chi connectivity index (χ0) is 24.2. The van der Waals surface area contributed by atoms with Gasteiger partial charge >= 0.3 is 5.97 Å². The zero-order valence-electron chi connectivity index (χ0n) is 18.0. The number of aromatic amines is 2. The van der Waals surface area contributed by atoms with Crippen LogP contribution in [0.15, 0.2) is 25.0 Å². The van der Waals surface area contributed by atoms with Gasteiger partial charge in [0.25, 0.3) is 0 Å². The number of thioether (sulfide) groups is 1. The number of nitrogens with two attached hydrogens (primary N) is 1. The average Bonchev–Trinajstić information content (AvgIpc) is 3.48. The summed E-state index contributed by atoms with van der Waals surface area (Å²) in [5.74, 6) is -2.43. The molecule has 0 radical (unpaired) electrons. The second-order valence-electron chi connectivity index (χ2n) is 7.19. The molecule has 13 nitrogen and oxygen atoms in total. The van der Waals surface area contributed by atoms with Crippen LogP contribution in [0.2, 0.25) is 0 Å². The Morgan fingerprint density at radius 1 is 1.03 bits per heavy atom. The van der Waals surface area contributed by atoms with Gasteiger partial charge in [-0.15, -0.1) is 0 Å². The molecule has 2 rings (SSSR count). The van der Waals surface area contributed by atoms with Crippen LogP contribution >= 0.6 is 11.8 Å². The number of hydrogen-bond donors (Lipinski definition) is 7. The lowest BCUT2D eigenvalue weighted by atomic mass is 10.1. The van der Waals surface area contributed by atoms with Crippen LogP contribution in [-0.4, -0.2) is 85.4 Å². The van der Waals surface area contributed by atoms with Crippen molar-refractivity contribution in [1.82, 2.24) is 35.9 Å². The van der Waals surface area contributed by atoms with Crippen LogP contribution in [0.3, 0.4) is 0 Å². The highest BCUT2D eigenvalue weighted by Crippen LogP contribution is 2.04. The van der Waals surface area contributed by atoms with E-state index in [-0.39, 0.29) is 25.8 Å². The molecule has 3 unspecified atom stereocenters. The third-order valence-corrected chi connectivity index (χ3v) is 5.25. The van der Waals surface area contributed by atoms with Crippen LogP contribution in [0.5, 0.6) is 0 Å². The summed E-state index contributed by atoms with van der Waals surface area (Å²) in [6.45, 7) is -0.380. The molecular formula is C19H28N8O5S. The number of aliphatic carboxylic acids is 1. The van der Waals surface area contributed by atoms with Gasteiger partial charge in [-0.2, -0.15) is 11.8 Å². The van der Waals surface area contributed by atoms with Crippen molar-refractivity contribution in [1.29, 1.82) is 0 Å². The first-order valence-corrected chi connectivity index (χ1v) is 11.5. The third kappa shape index (κ3) is 8.94. The normalized spacial score (nSPS) is 13.5. The van der Waals surface area contributed by atoms with Gasteiger partial charge in [0, 0.05) is 36.6 Å². The van der Waals surface area contributed by atoms with Gasteiger partial charge in [-0.3, -0.25) is 14.4 Å². The van der Waals surface area contributed by atoms with Crippen molar-refractivity contribution in [3.8, 4) is 0 Å². The number of nitrogens with zero attached hydrogens (tertiary/aromatic N) is 2. The highest BCUT2D eigenvalue weighted by atomic mass is 32.2. The molecule has 0 aliphatic rings. The van der Waals surface area contributed by atoms with Crippen molar-refractivity contribution in [3.05, 3.63) is 36.4 Å². The molecule has 0 saturated carbocycles. The number of hydrogen-bond acceptors (Lipinski definition) is 8. The molecule has 3 atom stereocenters. The van der Waals surface area contributed by atoms with Crippen molar-refractivity contribution in [2.24, 2.45) is 5.73 Å². The number of aromatic nitrogens is 4. The molecule has 0 saturated heterocycles. The van der Waals surface area contributed by atoms with Crippen LogP contribution < -0.4 is 21.7 Å². The number of amides is 3. The number of carbonyl (C=O) groups is 4. The Hall–Kier alpha value is -3.39. The summed E-state index contributed by atoms with van der Waals surface area (Å²) in [6, 6.07) is -3.05. The van der Waals surface area contributed by atoms with E-state index in [4.69, 9.17) is 5.73 Å². The number of carboxylic acid groups (broad SMARTS) is 1. The van der Waals surface area contributed by atoms with Gasteiger partial charge in [-0.25, -0.2) is 14.8 Å². The quantitative estimate of drug-likeness (QED) is 0.162. The Morgan fingerprint density at radius 3 is 2.21 bits per heavy atom. The minimum atomic E-state index is -1.22. The molecule has 0 aliphatic heterocycles. The van der Waals surface area contributed by atoms with E-state index in [1.165, 1.54) is 30.6 Å². The minimum Gasteiger partial charge on any atom is -0.480 e. The van der Waals surface area contributed by atoms with Crippen LogP contribution in [0, 0.1) is 0 Å². The predicted molar refractivity (Wildman–Crippen MR) is 120 cm³/mol. The number of H-pyrrole nitrogens is 2. The van der Waals surface area contributed by atoms with Gasteiger partial charge in [-0.1, -0.05) is 0 Å². The van der Waals surface area contributed by atoms with E-state index in [0.29, 0.717) is 17.1 Å². The lowest BCUT2D eigenvalue weighted by molar-refractivity contribution is -0.142. The van der Waals surface area contributed by atoms with Gasteiger partial charge in [0.1, 0.15) is 12.1 Å². The Morgan fingerprint density at radius 2 is 1.67 bits per heavy atom. The van der Waals surface area contributed by atoms with E-state index < -0.39 is 41.8 Å². The van der Waals surface area contributed by atoms with Crippen molar-refractivity contribution < 1.29 is 24.3 Å². The van der Waals surface area contributed by atoms with Gasteiger partial charge in [-0.05, 0) is 18.4 Å². The third-order valence-electron chi connectivity index (χ3n) is 4.61. The molecule has 3 amide bonds. The summed E-state index contributed by atoms with van der Waals surface area (Å²) in [5.41, 5.74) is 7.05. The highest BCUT2D eigenvalue weighted by Gasteiger charge is 2.27. The van der Waals surface area contributed by atoms with Crippen molar-refractivity contribution >= 4 is 35.5 Å². The fourth-order valence-corrected chi connectivity index (χ4v) is 3.33. The van der Waals surface area contributed by atoms with Gasteiger partial charge in [0.05, 0.1) is 25.2 Å². The number of nitrogens with one attached hydrogen (secondary N) is 5. The molecule has 2 aromatic rings. The Bertz CT molecular complexity index is 905. The minimum absolute atomic E-state index is 0.00848. The van der Waals surface area contributed by atoms with Gasteiger partial charge in [0.15, 0.2) is 0 Å². The van der Waals surface area contributed by atoms with E-state index in [9.17, 15) is 24.3 Å². The summed E-state index contributed by atoms with van der Waals surface area (Å²) in [4.78, 5) is 62.1. The molecule has 0 aromatic carbocycles. The van der Waals surface area contributed by atoms with E-state index in [0.717, 1.165) is 0 Å². The highest BCUT2D eigenvalue weighted by molar-refractivity contribution is 7.98. The summed E-state index contributed by atoms with van der Waals surface area (Å²) in [6.07, 6.45) is 8.25. The zero-order valence-corrected chi connectivity index (χ0v) is 18.9. The Kier molecular flexibility index (Phi) is 10.4. The molecule has 8 N–H and O–H groups in total. The first-order valence-electron chi connectivity index (χ1n) is 10.1. The average molecular weight is 481 g/mol. The monoisotopic (exact) mass is 480 g/mol. The SMILES string of the molecule is CSCCC(NC(=O)CNC(=O)C(N)Cc1cnc[nH]1)C(=O)NC(Cc1cnc[nH]1)C(=O)O. The Balaban J connectivity index is 1.88. The molecule has 14 heteroatoms. The second kappa shape index (κ2) is 13.2. The van der Waals surface area contributed by atoms with E-state index in [1.54, 1.807) is 6.20 Å². The molecule has 180 valence electrons. The van der Waals surface area contributed by atoms with Crippen LogP contribution in [0.25, 0.3) is 0 Å². The molecule has 2 aromatic heterocycles. The number of rotatable bonds is 14. The standard InChI is InChI=1S/C19H28N8O5S/c1-33-3-2-14(18(30)27-15(19(31)32)5-12-7-22-10-25-12)26-16(28)8-23-17(29)13(20)4-11-6-21-9-24-11/h6-7,9-10,13-15H,2-5,8,20H2,1H3,(H,21,24)(H,22,25)(H,23,29)(H,26,28)(H,27,30)(H,31,32). The maximum Gasteiger partial charge on any atom is 0.326 e. The largest absolute Gasteiger partial charge is 0.480 e. The molecule has 0 fully saturated rings. The van der Waals surface area contributed by atoms with Crippen molar-refractivity contribution in [2.45, 2.75) is 37.4 Å². The molecule has 2 heterocycles. The molecular weight excluding hydrogens is 452 g/mol. The number of imidazole rings is 2. The van der Waals surface area contributed by atoms with Crippen LogP contribution in [0.1, 0.15) is 17.8 Å². The first kappa shape index (κ1) is 25.9. The van der Waals surface area contributed by atoms with E-state index >= 15 is 0 Å². The van der Waals surface area contributed by atoms with Gasteiger partial charge in [0.2, 0.25) is 17.7 Å². The first-order chi connectivity index (χ1) is 15.8. The van der Waals surface area contributed by atoms with Gasteiger partial charge < -0.3 is 36.8 Å². The fourth-order valence-electron chi connectivity index (χ4n) is 2.86. The lowest BCUT2D eigenvalue weighted by Crippen LogP contribution is -2.54. The summed E-state index contributed by atoms with van der Waals surface area (Å²) < 4.78 is 0. The van der Waals surface area contributed by atoms with Crippen molar-refractivity contribution in [2.75, 3.05) is 18.6 Å². The lowest BCUT2D eigenvalue weighted by Gasteiger charge is -2.21. The van der Waals surface area contributed by atoms with Crippen molar-refractivity contribution in [3.63, 3.8) is 0 Å². The number of carbonyl (C=O) groups excluding carboxylic acids is 3. The Labute approximate surface area is 194 Å². The van der Waals surface area contributed by atoms with Crippen LogP contribution in [0.4, 0.5) is 0 Å². The van der Waals surface area contributed by atoms with E-state index in [1.807, 2.05) is 6.26 Å². The van der Waals surface area contributed by atoms with Crippen LogP contribution in [-0.2, 0) is 32.0 Å². The summed E-state index contributed by atoms with van der Waals surface area (Å²) in [7, 11) is 0. The maximum atomic E-state index is 12.7. The maximum absolute atomic E-state index is 12.7. The molecule has 0 bridgehead atoms. The second-order valence-corrected chi connectivity index (χ2v) is 8.17. The van der Waals surface area contributed by atoms with E-state index in [2.05, 4.69) is 35.9 Å². The fraction of sp³-hybridized carbons (Fsp3) is 0.474. The summed E-state index contributed by atoms with van der Waals surface area (Å²) >= 11 is 1.47. The topological polar surface area (TPSA) is 208 Å². The predicted octanol–water partition coefficient (Wildman–Crippen LogP) is -1.83. The smallest absolute Gasteiger partial charge is 0.326 e. The molecule has 0 spiro atoms.